The Morgan fingerprint density at radius 2 is 1.62 bits per heavy atom. The van der Waals surface area contributed by atoms with Crippen LogP contribution in [0.5, 0.6) is 5.75 Å². The smallest absolute Gasteiger partial charge is 0.131 e. The van der Waals surface area contributed by atoms with E-state index in [1.54, 1.807) is 24.3 Å². The third-order valence-corrected chi connectivity index (χ3v) is 4.27. The molecule has 3 rings (SSSR count). The summed E-state index contributed by atoms with van der Waals surface area (Å²) in [6.07, 6.45) is 2.77. The highest BCUT2D eigenvalue weighted by molar-refractivity contribution is 5.64. The summed E-state index contributed by atoms with van der Waals surface area (Å²) in [6.45, 7) is 4.05. The number of hydrogen-bond donors (Lipinski definition) is 2. The molecule has 0 bridgehead atoms. The number of phenolic OH excluding ortho intramolecular Hbond substituents is 1. The first kappa shape index (κ1) is 17.7. The Morgan fingerprint density at radius 1 is 0.923 bits per heavy atom. The van der Waals surface area contributed by atoms with Crippen LogP contribution in [0.1, 0.15) is 18.4 Å². The third kappa shape index (κ3) is 4.73. The van der Waals surface area contributed by atoms with Gasteiger partial charge in [-0.3, -0.25) is 0 Å². The van der Waals surface area contributed by atoms with Crippen LogP contribution in [0.4, 0.5) is 10.1 Å². The van der Waals surface area contributed by atoms with Crippen molar-refractivity contribution in [3.8, 4) is 16.9 Å². The summed E-state index contributed by atoms with van der Waals surface area (Å²) >= 11 is 0. The van der Waals surface area contributed by atoms with Gasteiger partial charge in [0.15, 0.2) is 0 Å². The van der Waals surface area contributed by atoms with Gasteiger partial charge in [-0.15, -0.1) is 0 Å². The van der Waals surface area contributed by atoms with E-state index in [1.807, 2.05) is 30.3 Å². The first-order valence-electron chi connectivity index (χ1n) is 8.69. The van der Waals surface area contributed by atoms with Gasteiger partial charge in [0.25, 0.3) is 0 Å². The first-order chi connectivity index (χ1) is 12.6. The minimum Gasteiger partial charge on any atom is -0.508 e. The van der Waals surface area contributed by atoms with Crippen molar-refractivity contribution in [1.29, 1.82) is 0 Å². The van der Waals surface area contributed by atoms with Crippen LogP contribution in [-0.2, 0) is 6.42 Å². The molecule has 3 heteroatoms. The third-order valence-electron chi connectivity index (χ3n) is 4.27. The molecule has 3 aromatic carbocycles. The SMILES string of the molecule is C=C(CCCc1ccc(-c2ccccc2F)cc1)Nc1ccc(O)cc1. The molecule has 0 atom stereocenters. The quantitative estimate of drug-likeness (QED) is 0.503. The van der Waals surface area contributed by atoms with E-state index in [2.05, 4.69) is 24.0 Å². The van der Waals surface area contributed by atoms with Gasteiger partial charge in [-0.1, -0.05) is 49.0 Å². The predicted octanol–water partition coefficient (Wildman–Crippen LogP) is 6.15. The Hall–Kier alpha value is -3.07. The van der Waals surface area contributed by atoms with Crippen LogP contribution in [0, 0.1) is 5.82 Å². The van der Waals surface area contributed by atoms with Crippen LogP contribution in [0.3, 0.4) is 0 Å². The lowest BCUT2D eigenvalue weighted by Crippen LogP contribution is -1.98. The summed E-state index contributed by atoms with van der Waals surface area (Å²) in [7, 11) is 0. The lowest BCUT2D eigenvalue weighted by atomic mass is 10.0. The summed E-state index contributed by atoms with van der Waals surface area (Å²) in [4.78, 5) is 0. The van der Waals surface area contributed by atoms with Crippen LogP contribution in [0.25, 0.3) is 11.1 Å². The van der Waals surface area contributed by atoms with Gasteiger partial charge in [0.05, 0.1) is 0 Å². The van der Waals surface area contributed by atoms with Crippen LogP contribution in [0.15, 0.2) is 85.1 Å². The van der Waals surface area contributed by atoms with E-state index in [0.29, 0.717) is 5.56 Å². The number of rotatable bonds is 7. The normalized spacial score (nSPS) is 10.5. The number of anilines is 1. The standard InChI is InChI=1S/C23H22FNO/c1-17(25-20-13-15-21(26)16-14-20)5-4-6-18-9-11-19(12-10-18)22-7-2-3-8-23(22)24/h2-3,7-16,25-26H,1,4-6H2. The fourth-order valence-corrected chi connectivity index (χ4v) is 2.86. The minimum atomic E-state index is -0.197. The van der Waals surface area contributed by atoms with Crippen molar-refractivity contribution in [2.45, 2.75) is 19.3 Å². The van der Waals surface area contributed by atoms with E-state index in [9.17, 15) is 9.50 Å². The van der Waals surface area contributed by atoms with E-state index in [-0.39, 0.29) is 11.6 Å². The molecule has 0 saturated heterocycles. The number of aryl methyl sites for hydroxylation is 1. The molecule has 0 aliphatic heterocycles. The van der Waals surface area contributed by atoms with Crippen molar-refractivity contribution in [2.24, 2.45) is 0 Å². The van der Waals surface area contributed by atoms with Gasteiger partial charge < -0.3 is 10.4 Å². The first-order valence-corrected chi connectivity index (χ1v) is 8.69. The molecule has 0 unspecified atom stereocenters. The van der Waals surface area contributed by atoms with Crippen LogP contribution in [-0.4, -0.2) is 5.11 Å². The molecular formula is C23H22FNO. The van der Waals surface area contributed by atoms with Crippen molar-refractivity contribution in [3.63, 3.8) is 0 Å². The number of nitrogens with one attached hydrogen (secondary N) is 1. The molecule has 0 aromatic heterocycles. The molecule has 0 aliphatic rings. The maximum absolute atomic E-state index is 13.8. The molecule has 132 valence electrons. The predicted molar refractivity (Wildman–Crippen MR) is 106 cm³/mol. The summed E-state index contributed by atoms with van der Waals surface area (Å²) in [5.41, 5.74) is 4.61. The Bertz CT molecular complexity index is 869. The summed E-state index contributed by atoms with van der Waals surface area (Å²) in [5.74, 6) is 0.0526. The second kappa shape index (κ2) is 8.34. The zero-order valence-electron chi connectivity index (χ0n) is 14.6. The van der Waals surface area contributed by atoms with Crippen LogP contribution in [0.2, 0.25) is 0 Å². The molecule has 0 heterocycles. The van der Waals surface area contributed by atoms with Gasteiger partial charge in [-0.05, 0) is 60.7 Å². The van der Waals surface area contributed by atoms with Crippen molar-refractivity contribution < 1.29 is 9.50 Å². The van der Waals surface area contributed by atoms with Gasteiger partial charge in [0.1, 0.15) is 11.6 Å². The molecule has 0 fully saturated rings. The van der Waals surface area contributed by atoms with Crippen molar-refractivity contribution >= 4 is 5.69 Å². The molecule has 0 radical (unpaired) electrons. The summed E-state index contributed by atoms with van der Waals surface area (Å²) in [5, 5.41) is 12.5. The Morgan fingerprint density at radius 3 is 2.31 bits per heavy atom. The fraction of sp³-hybridized carbons (Fsp3) is 0.130. The topological polar surface area (TPSA) is 32.3 Å². The molecule has 2 nitrogen and oxygen atoms in total. The number of phenols is 1. The van der Waals surface area contributed by atoms with Crippen LogP contribution >= 0.6 is 0 Å². The molecular weight excluding hydrogens is 325 g/mol. The summed E-state index contributed by atoms with van der Waals surface area (Å²) < 4.78 is 13.8. The van der Waals surface area contributed by atoms with Crippen molar-refractivity contribution in [2.75, 3.05) is 5.32 Å². The molecule has 0 saturated carbocycles. The average Bonchev–Trinajstić information content (AvgIpc) is 2.65. The largest absolute Gasteiger partial charge is 0.508 e. The Kier molecular flexibility index (Phi) is 5.69. The number of halogens is 1. The van der Waals surface area contributed by atoms with E-state index in [0.717, 1.165) is 36.2 Å². The second-order valence-corrected chi connectivity index (χ2v) is 6.31. The molecule has 3 aromatic rings. The number of benzene rings is 3. The zero-order chi connectivity index (χ0) is 18.4. The molecule has 0 spiro atoms. The Labute approximate surface area is 153 Å². The maximum Gasteiger partial charge on any atom is 0.131 e. The summed E-state index contributed by atoms with van der Waals surface area (Å²) in [6, 6.07) is 21.8. The van der Waals surface area contributed by atoms with E-state index in [4.69, 9.17) is 0 Å². The average molecular weight is 347 g/mol. The van der Waals surface area contributed by atoms with Crippen molar-refractivity contribution in [1.82, 2.24) is 0 Å². The fourth-order valence-electron chi connectivity index (χ4n) is 2.86. The van der Waals surface area contributed by atoms with E-state index in [1.165, 1.54) is 11.6 Å². The zero-order valence-corrected chi connectivity index (χ0v) is 14.6. The Balaban J connectivity index is 1.50. The van der Waals surface area contributed by atoms with Gasteiger partial charge in [0.2, 0.25) is 0 Å². The number of aromatic hydroxyl groups is 1. The molecule has 0 aliphatic carbocycles. The molecule has 2 N–H and O–H groups in total. The van der Waals surface area contributed by atoms with E-state index >= 15 is 0 Å². The minimum absolute atomic E-state index is 0.197. The molecule has 26 heavy (non-hydrogen) atoms. The van der Waals surface area contributed by atoms with Gasteiger partial charge in [0, 0.05) is 16.9 Å². The van der Waals surface area contributed by atoms with Crippen molar-refractivity contribution in [3.05, 3.63) is 96.5 Å². The lowest BCUT2D eigenvalue weighted by molar-refractivity contribution is 0.475. The van der Waals surface area contributed by atoms with Gasteiger partial charge >= 0.3 is 0 Å². The van der Waals surface area contributed by atoms with Gasteiger partial charge in [-0.25, -0.2) is 4.39 Å². The van der Waals surface area contributed by atoms with Crippen LogP contribution < -0.4 is 5.32 Å². The monoisotopic (exact) mass is 347 g/mol. The molecule has 0 amide bonds. The van der Waals surface area contributed by atoms with Gasteiger partial charge in [-0.2, -0.15) is 0 Å². The lowest BCUT2D eigenvalue weighted by Gasteiger charge is -2.10. The van der Waals surface area contributed by atoms with E-state index < -0.39 is 0 Å². The highest BCUT2D eigenvalue weighted by Gasteiger charge is 2.04. The number of hydrogen-bond acceptors (Lipinski definition) is 2. The second-order valence-electron chi connectivity index (χ2n) is 6.31. The highest BCUT2D eigenvalue weighted by Crippen LogP contribution is 2.23. The number of allylic oxidation sites excluding steroid dienone is 1. The maximum atomic E-state index is 13.8. The highest BCUT2D eigenvalue weighted by atomic mass is 19.1.